The van der Waals surface area contributed by atoms with E-state index >= 15 is 4.79 Å². The van der Waals surface area contributed by atoms with Gasteiger partial charge in [0.15, 0.2) is 43.8 Å². The molecule has 42 unspecified atom stereocenters. The molecule has 12 rings (SSSR count). The Hall–Kier alpha value is -2.68. The molecule has 22 N–H and O–H groups in total. The molecule has 7 saturated heterocycles. The summed E-state index contributed by atoms with van der Waals surface area (Å²) in [7, 11) is 0. The predicted octanol–water partition coefficient (Wildman–Crippen LogP) is -8.61. The summed E-state index contributed by atoms with van der Waals surface area (Å²) in [5.41, 5.74) is -8.63. The lowest BCUT2D eigenvalue weighted by molar-refractivity contribution is -0.400. The van der Waals surface area contributed by atoms with E-state index in [0.717, 1.165) is 5.57 Å². The van der Waals surface area contributed by atoms with Crippen molar-refractivity contribution in [2.24, 2.45) is 50.2 Å². The first-order valence-corrected chi connectivity index (χ1v) is 36.8. The minimum absolute atomic E-state index is 0.0626. The van der Waals surface area contributed by atoms with Crippen molar-refractivity contribution in [1.29, 1.82) is 0 Å². The second-order valence-corrected chi connectivity index (χ2v) is 33.5. The van der Waals surface area contributed by atoms with Crippen LogP contribution in [0.4, 0.5) is 0 Å². The van der Waals surface area contributed by atoms with Crippen LogP contribution in [0.1, 0.15) is 99.8 Å². The predicted molar refractivity (Wildman–Crippen MR) is 346 cm³/mol. The van der Waals surface area contributed by atoms with Gasteiger partial charge in [-0.05, 0) is 105 Å². The summed E-state index contributed by atoms with van der Waals surface area (Å²) < 4.78 is 83.8. The van der Waals surface area contributed by atoms with Gasteiger partial charge < -0.3 is 179 Å². The highest BCUT2D eigenvalue weighted by Crippen LogP contribution is 2.76. The zero-order chi connectivity index (χ0) is 78.2. The quantitative estimate of drug-likeness (QED) is 0.0324. The number of allylic oxidation sites excluding steroid dienone is 2. The summed E-state index contributed by atoms with van der Waals surface area (Å²) in [6.45, 7) is 7.22. The first-order valence-electron chi connectivity index (χ1n) is 36.8. The van der Waals surface area contributed by atoms with Crippen LogP contribution in [0.3, 0.4) is 0 Å². The van der Waals surface area contributed by atoms with E-state index in [2.05, 4.69) is 6.92 Å². The lowest BCUT2D eigenvalue weighted by Gasteiger charge is -2.71. The summed E-state index contributed by atoms with van der Waals surface area (Å²) >= 11 is 0. The third-order valence-corrected chi connectivity index (χ3v) is 26.8. The molecule has 12 aliphatic rings. The molecular formula is C69H110O38. The van der Waals surface area contributed by atoms with Crippen LogP contribution in [0.5, 0.6) is 0 Å². The largest absolute Gasteiger partial charge is 0.481 e. The molecule has 11 fully saturated rings. The molecule has 7 aliphatic heterocycles. The van der Waals surface area contributed by atoms with Gasteiger partial charge in [-0.3, -0.25) is 9.59 Å². The van der Waals surface area contributed by atoms with Crippen LogP contribution in [0.15, 0.2) is 11.6 Å². The zero-order valence-electron chi connectivity index (χ0n) is 60.3. The Balaban J connectivity index is 0.804. The van der Waals surface area contributed by atoms with E-state index in [0.29, 0.717) is 19.3 Å². The van der Waals surface area contributed by atoms with Crippen molar-refractivity contribution < 1.29 is 188 Å². The molecule has 0 aromatic rings. The fourth-order valence-corrected chi connectivity index (χ4v) is 20.2. The Morgan fingerprint density at radius 1 is 0.495 bits per heavy atom. The minimum atomic E-state index is -2.23. The van der Waals surface area contributed by atoms with Gasteiger partial charge in [0, 0.05) is 0 Å². The summed E-state index contributed by atoms with van der Waals surface area (Å²) in [5.74, 6) is -4.51. The number of hydrogen-bond acceptors (Lipinski definition) is 37. The molecule has 0 bridgehead atoms. The van der Waals surface area contributed by atoms with E-state index in [-0.39, 0.29) is 32.1 Å². The van der Waals surface area contributed by atoms with E-state index in [9.17, 15) is 117 Å². The molecule has 0 radical (unpaired) electrons. The molecule has 7 heterocycles. The van der Waals surface area contributed by atoms with Gasteiger partial charge in [-0.25, -0.2) is 0 Å². The number of aliphatic carboxylic acids is 1. The first-order chi connectivity index (χ1) is 50.2. The standard InChI is InChI=1S/C69H110O38/c1-24-47(101-54-44(86)36(78)28(75)20-94-54)48(102-60-52(89)68(93,22-73)23-96-60)46(88)56(97-24)103-49-37(79)29(76)21-95-57(49)107-62(92)69-13-12-63(2,3)14-26(69)25-8-9-33-64(4)15-27(74)53(67(7,61(90)91)34(64)10-11-65(33,5)66(25,6)16-35(69)77)106-59-51(43(85)40(82)32(19-72)100-59)105-58-50(42(84)39(81)31(18-71)99-58)104-55-45(87)41(83)38(80)30(17-70)98-55/h8,24,26-60,70-89,93H,9-23H2,1-7H3,(H,90,91). The number of ether oxygens (including phenoxy) is 14. The first kappa shape index (κ1) is 83.7. The van der Waals surface area contributed by atoms with Gasteiger partial charge in [0.2, 0.25) is 6.29 Å². The Morgan fingerprint density at radius 2 is 1.01 bits per heavy atom. The van der Waals surface area contributed by atoms with Crippen molar-refractivity contribution in [1.82, 2.24) is 0 Å². The second kappa shape index (κ2) is 31.2. The number of carbonyl (C=O) groups is 2. The molecule has 38 heteroatoms. The number of aliphatic hydroxyl groups excluding tert-OH is 20. The average Bonchev–Trinajstić information content (AvgIpc) is 0.912. The lowest BCUT2D eigenvalue weighted by atomic mass is 9.33. The highest BCUT2D eigenvalue weighted by molar-refractivity contribution is 5.80. The number of aliphatic hydroxyl groups is 21. The Kier molecular flexibility index (Phi) is 24.4. The molecule has 0 spiro atoms. The van der Waals surface area contributed by atoms with Crippen molar-refractivity contribution >= 4 is 11.9 Å². The molecule has 0 amide bonds. The average molecular weight is 1550 g/mol. The van der Waals surface area contributed by atoms with Gasteiger partial charge in [-0.1, -0.05) is 46.3 Å². The number of rotatable bonds is 19. The Morgan fingerprint density at radius 3 is 1.59 bits per heavy atom. The third-order valence-electron chi connectivity index (χ3n) is 26.8. The van der Waals surface area contributed by atoms with Crippen LogP contribution in [-0.4, -0.2) is 379 Å². The normalized spacial score (nSPS) is 54.9. The number of carboxylic acid groups (broad SMARTS) is 1. The van der Waals surface area contributed by atoms with Crippen LogP contribution in [0.25, 0.3) is 0 Å². The monoisotopic (exact) mass is 1550 g/mol. The van der Waals surface area contributed by atoms with Crippen LogP contribution < -0.4 is 0 Å². The van der Waals surface area contributed by atoms with E-state index in [1.54, 1.807) is 0 Å². The Bertz CT molecular complexity index is 3120. The van der Waals surface area contributed by atoms with Crippen LogP contribution >= 0.6 is 0 Å². The second-order valence-electron chi connectivity index (χ2n) is 33.5. The zero-order valence-corrected chi connectivity index (χ0v) is 60.3. The highest BCUT2D eigenvalue weighted by Gasteiger charge is 2.75. The molecule has 0 aromatic heterocycles. The third kappa shape index (κ3) is 14.1. The molecule has 107 heavy (non-hydrogen) atoms. The van der Waals surface area contributed by atoms with Gasteiger partial charge in [0.25, 0.3) is 0 Å². The van der Waals surface area contributed by atoms with Gasteiger partial charge >= 0.3 is 11.9 Å². The van der Waals surface area contributed by atoms with E-state index < -0.39 is 317 Å². The number of carboxylic acids is 1. The van der Waals surface area contributed by atoms with Gasteiger partial charge in [-0.2, -0.15) is 0 Å². The molecule has 614 valence electrons. The lowest BCUT2D eigenvalue weighted by Crippen LogP contribution is -2.71. The van der Waals surface area contributed by atoms with Gasteiger partial charge in [0.1, 0.15) is 145 Å². The number of carbonyl (C=O) groups excluding carboxylic acids is 1. The summed E-state index contributed by atoms with van der Waals surface area (Å²) in [5, 5.41) is 245. The van der Waals surface area contributed by atoms with Crippen LogP contribution in [0, 0.1) is 50.2 Å². The maximum Gasteiger partial charge on any atom is 0.317 e. The van der Waals surface area contributed by atoms with Crippen LogP contribution in [0.2, 0.25) is 0 Å². The maximum atomic E-state index is 15.8. The SMILES string of the molecule is CC1OC(OC2C(OC(=O)C34CCC(C)(C)CC3C3=CCC5C6(C)CC(O)C(OC7OC(CO)C(O)C(O)C7OC7OC(CO)C(O)C(O)C7OC7OC(CO)C(O)C(O)C7O)C(C)(C(=O)O)C6CCC5(C)C3(C)CC4O)OCC(O)C2O)C(O)C(OC2OCC(O)(CO)C2O)C1OC1OCC(O)C(O)C1O. The van der Waals surface area contributed by atoms with Gasteiger partial charge in [0.05, 0.1) is 70.0 Å². The fraction of sp³-hybridized carbons (Fsp3) is 0.942. The van der Waals surface area contributed by atoms with Crippen LogP contribution in [-0.2, 0) is 75.9 Å². The molecular weight excluding hydrogens is 1440 g/mol. The van der Waals surface area contributed by atoms with Crippen molar-refractivity contribution in [3.05, 3.63) is 11.6 Å². The van der Waals surface area contributed by atoms with Crippen molar-refractivity contribution in [3.8, 4) is 0 Å². The molecule has 0 aromatic carbocycles. The molecule has 42 atom stereocenters. The Labute approximate surface area is 614 Å². The molecule has 4 saturated carbocycles. The van der Waals surface area contributed by atoms with Crippen molar-refractivity contribution in [3.63, 3.8) is 0 Å². The van der Waals surface area contributed by atoms with E-state index in [4.69, 9.17) is 66.3 Å². The highest BCUT2D eigenvalue weighted by atomic mass is 16.8. The molecule has 38 nitrogen and oxygen atoms in total. The van der Waals surface area contributed by atoms with Gasteiger partial charge in [-0.15, -0.1) is 0 Å². The summed E-state index contributed by atoms with van der Waals surface area (Å²) in [6.07, 6.45) is -57.4. The minimum Gasteiger partial charge on any atom is -0.481 e. The molecule has 5 aliphatic carbocycles. The maximum absolute atomic E-state index is 15.8. The number of fused-ring (bicyclic) bond motifs is 7. The van der Waals surface area contributed by atoms with Crippen molar-refractivity contribution in [2.75, 3.05) is 46.2 Å². The van der Waals surface area contributed by atoms with E-state index in [1.165, 1.54) is 13.8 Å². The fourth-order valence-electron chi connectivity index (χ4n) is 20.2. The van der Waals surface area contributed by atoms with Crippen molar-refractivity contribution in [2.45, 2.75) is 308 Å². The number of hydrogen-bond donors (Lipinski definition) is 22. The van der Waals surface area contributed by atoms with E-state index in [1.807, 2.05) is 33.8 Å². The topological polar surface area (TPSA) is 608 Å². The summed E-state index contributed by atoms with van der Waals surface area (Å²) in [4.78, 5) is 30.2. The summed E-state index contributed by atoms with van der Waals surface area (Å²) in [6, 6.07) is 0. The smallest absolute Gasteiger partial charge is 0.317 e. The number of esters is 1.